The number of para-hydroxylation sites is 1. The van der Waals surface area contributed by atoms with Gasteiger partial charge in [-0.2, -0.15) is 0 Å². The van der Waals surface area contributed by atoms with Crippen LogP contribution >= 0.6 is 24.0 Å². The number of ether oxygens (including phenoxy) is 4. The van der Waals surface area contributed by atoms with E-state index in [9.17, 15) is 0 Å². The first-order chi connectivity index (χ1) is 13.2. The molecule has 2 aromatic rings. The highest BCUT2D eigenvalue weighted by atomic mass is 127. The summed E-state index contributed by atoms with van der Waals surface area (Å²) in [6, 6.07) is 11.3. The number of benzene rings is 2. The summed E-state index contributed by atoms with van der Waals surface area (Å²) in [5, 5.41) is 6.50. The van der Waals surface area contributed by atoms with Gasteiger partial charge in [0, 0.05) is 23.9 Å². The smallest absolute Gasteiger partial charge is 0.196 e. The molecule has 0 aromatic heterocycles. The summed E-state index contributed by atoms with van der Waals surface area (Å²) in [5.41, 5.74) is 1.77. The molecule has 0 radical (unpaired) electrons. The number of nitrogens with one attached hydrogen (secondary N) is 2. The van der Waals surface area contributed by atoms with Gasteiger partial charge >= 0.3 is 0 Å². The standard InChI is InChI=1S/C20H27N3O4.HI/c1-6-21-20(23-15-10-11-16(24-2)18(12-15)26-4)22-13-14-8-7-9-17(25-3)19(14)27-5;/h7-12H,6,13H2,1-5H3,(H2,21,22,23);1H. The van der Waals surface area contributed by atoms with Gasteiger partial charge in [0.25, 0.3) is 0 Å². The monoisotopic (exact) mass is 501 g/mol. The van der Waals surface area contributed by atoms with E-state index in [0.29, 0.717) is 35.5 Å². The molecule has 2 rings (SSSR count). The lowest BCUT2D eigenvalue weighted by molar-refractivity contribution is 0.352. The van der Waals surface area contributed by atoms with E-state index < -0.39 is 0 Å². The SMILES string of the molecule is CCNC(=NCc1cccc(OC)c1OC)Nc1ccc(OC)c(OC)c1.I. The summed E-state index contributed by atoms with van der Waals surface area (Å²) in [4.78, 5) is 4.65. The number of anilines is 1. The lowest BCUT2D eigenvalue weighted by atomic mass is 10.2. The van der Waals surface area contributed by atoms with Crippen LogP contribution in [0.25, 0.3) is 0 Å². The van der Waals surface area contributed by atoms with E-state index in [1.807, 2.05) is 43.3 Å². The van der Waals surface area contributed by atoms with Crippen molar-refractivity contribution in [2.75, 3.05) is 40.3 Å². The molecule has 2 aromatic carbocycles. The fourth-order valence-electron chi connectivity index (χ4n) is 2.60. The lowest BCUT2D eigenvalue weighted by Crippen LogP contribution is -2.30. The minimum atomic E-state index is 0. The van der Waals surface area contributed by atoms with Crippen LogP contribution in [0.2, 0.25) is 0 Å². The molecule has 0 aliphatic heterocycles. The van der Waals surface area contributed by atoms with E-state index in [4.69, 9.17) is 18.9 Å². The van der Waals surface area contributed by atoms with Crippen LogP contribution in [-0.4, -0.2) is 40.9 Å². The molecule has 0 aliphatic rings. The summed E-state index contributed by atoms with van der Waals surface area (Å²) >= 11 is 0. The molecule has 0 atom stereocenters. The molecule has 2 N–H and O–H groups in total. The molecular formula is C20H28IN3O4. The van der Waals surface area contributed by atoms with Gasteiger partial charge in [-0.15, -0.1) is 24.0 Å². The maximum atomic E-state index is 5.47. The fraction of sp³-hybridized carbons (Fsp3) is 0.350. The zero-order valence-electron chi connectivity index (χ0n) is 16.9. The first-order valence-corrected chi connectivity index (χ1v) is 8.64. The Bertz CT molecular complexity index is 784. The quantitative estimate of drug-likeness (QED) is 0.325. The van der Waals surface area contributed by atoms with E-state index in [1.54, 1.807) is 28.4 Å². The zero-order valence-corrected chi connectivity index (χ0v) is 19.2. The van der Waals surface area contributed by atoms with Crippen molar-refractivity contribution in [3.05, 3.63) is 42.0 Å². The van der Waals surface area contributed by atoms with Crippen molar-refractivity contribution in [2.24, 2.45) is 4.99 Å². The van der Waals surface area contributed by atoms with E-state index in [1.165, 1.54) is 0 Å². The molecule has 0 amide bonds. The average Bonchev–Trinajstić information content (AvgIpc) is 2.71. The maximum absolute atomic E-state index is 5.47. The van der Waals surface area contributed by atoms with E-state index in [2.05, 4.69) is 15.6 Å². The van der Waals surface area contributed by atoms with Crippen molar-refractivity contribution in [2.45, 2.75) is 13.5 Å². The summed E-state index contributed by atoms with van der Waals surface area (Å²) < 4.78 is 21.4. The fourth-order valence-corrected chi connectivity index (χ4v) is 2.60. The zero-order chi connectivity index (χ0) is 19.6. The maximum Gasteiger partial charge on any atom is 0.196 e. The molecule has 0 bridgehead atoms. The minimum Gasteiger partial charge on any atom is -0.493 e. The highest BCUT2D eigenvalue weighted by Gasteiger charge is 2.10. The van der Waals surface area contributed by atoms with Crippen LogP contribution in [0.4, 0.5) is 5.69 Å². The van der Waals surface area contributed by atoms with Crippen molar-refractivity contribution >= 4 is 35.6 Å². The second kappa shape index (κ2) is 12.2. The molecule has 0 saturated heterocycles. The molecule has 8 heteroatoms. The van der Waals surface area contributed by atoms with Crippen LogP contribution in [-0.2, 0) is 6.54 Å². The summed E-state index contributed by atoms with van der Waals surface area (Å²) in [5.74, 6) is 3.34. The van der Waals surface area contributed by atoms with Gasteiger partial charge in [0.05, 0.1) is 35.0 Å². The first kappa shape index (κ1) is 23.7. The molecule has 0 spiro atoms. The second-order valence-corrected chi connectivity index (χ2v) is 5.54. The summed E-state index contributed by atoms with van der Waals surface area (Å²) in [6.07, 6.45) is 0. The van der Waals surface area contributed by atoms with Crippen molar-refractivity contribution < 1.29 is 18.9 Å². The highest BCUT2D eigenvalue weighted by molar-refractivity contribution is 14.0. The molecular weight excluding hydrogens is 473 g/mol. The van der Waals surface area contributed by atoms with Crippen molar-refractivity contribution in [3.8, 4) is 23.0 Å². The van der Waals surface area contributed by atoms with Gasteiger partial charge < -0.3 is 29.6 Å². The molecule has 0 unspecified atom stereocenters. The number of rotatable bonds is 8. The van der Waals surface area contributed by atoms with Crippen LogP contribution in [0, 0.1) is 0 Å². The van der Waals surface area contributed by atoms with Gasteiger partial charge in [-0.1, -0.05) is 12.1 Å². The normalized spacial score (nSPS) is 10.5. The van der Waals surface area contributed by atoms with Crippen molar-refractivity contribution in [1.82, 2.24) is 5.32 Å². The van der Waals surface area contributed by atoms with Crippen molar-refractivity contribution in [3.63, 3.8) is 0 Å². The second-order valence-electron chi connectivity index (χ2n) is 5.54. The average molecular weight is 501 g/mol. The summed E-state index contributed by atoms with van der Waals surface area (Å²) in [7, 11) is 6.46. The molecule has 0 heterocycles. The number of guanidine groups is 1. The summed E-state index contributed by atoms with van der Waals surface area (Å²) in [6.45, 7) is 3.18. The number of hydrogen-bond acceptors (Lipinski definition) is 5. The van der Waals surface area contributed by atoms with Crippen LogP contribution in [0.5, 0.6) is 23.0 Å². The number of aliphatic imine (C=N–C) groups is 1. The number of hydrogen-bond donors (Lipinski definition) is 2. The van der Waals surface area contributed by atoms with Gasteiger partial charge in [0.1, 0.15) is 0 Å². The number of nitrogens with zero attached hydrogens (tertiary/aromatic N) is 1. The molecule has 154 valence electrons. The minimum absolute atomic E-state index is 0. The van der Waals surface area contributed by atoms with Crippen LogP contribution in [0.15, 0.2) is 41.4 Å². The lowest BCUT2D eigenvalue weighted by Gasteiger charge is -2.15. The van der Waals surface area contributed by atoms with E-state index >= 15 is 0 Å². The Kier molecular flexibility index (Phi) is 10.3. The Hall–Kier alpha value is -2.36. The Morgan fingerprint density at radius 1 is 0.893 bits per heavy atom. The number of halogens is 1. The Labute approximate surface area is 183 Å². The van der Waals surface area contributed by atoms with Gasteiger partial charge in [-0.3, -0.25) is 0 Å². The van der Waals surface area contributed by atoms with Crippen LogP contribution in [0.1, 0.15) is 12.5 Å². The molecule has 0 saturated carbocycles. The molecule has 0 aliphatic carbocycles. The van der Waals surface area contributed by atoms with E-state index in [0.717, 1.165) is 17.8 Å². The highest BCUT2D eigenvalue weighted by Crippen LogP contribution is 2.31. The largest absolute Gasteiger partial charge is 0.493 e. The predicted octanol–water partition coefficient (Wildman–Crippen LogP) is 3.92. The Morgan fingerprint density at radius 2 is 1.61 bits per heavy atom. The van der Waals surface area contributed by atoms with Crippen LogP contribution in [0.3, 0.4) is 0 Å². The Morgan fingerprint density at radius 3 is 2.21 bits per heavy atom. The first-order valence-electron chi connectivity index (χ1n) is 8.64. The van der Waals surface area contributed by atoms with Gasteiger partial charge in [0.15, 0.2) is 29.0 Å². The molecule has 28 heavy (non-hydrogen) atoms. The third-order valence-corrected chi connectivity index (χ3v) is 3.88. The predicted molar refractivity (Wildman–Crippen MR) is 123 cm³/mol. The van der Waals surface area contributed by atoms with Crippen LogP contribution < -0.4 is 29.6 Å². The Balaban J connectivity index is 0.00000392. The molecule has 7 nitrogen and oxygen atoms in total. The van der Waals surface area contributed by atoms with E-state index in [-0.39, 0.29) is 24.0 Å². The topological polar surface area (TPSA) is 73.3 Å². The van der Waals surface area contributed by atoms with Gasteiger partial charge in [0.2, 0.25) is 0 Å². The van der Waals surface area contributed by atoms with Gasteiger partial charge in [-0.05, 0) is 25.1 Å². The third kappa shape index (κ3) is 6.08. The third-order valence-electron chi connectivity index (χ3n) is 3.88. The molecule has 0 fully saturated rings. The van der Waals surface area contributed by atoms with Gasteiger partial charge in [-0.25, -0.2) is 4.99 Å². The van der Waals surface area contributed by atoms with Crippen molar-refractivity contribution in [1.29, 1.82) is 0 Å². The number of methoxy groups -OCH3 is 4.